The number of ether oxygens (including phenoxy) is 2. The lowest BCUT2D eigenvalue weighted by atomic mass is 9.94. The zero-order valence-corrected chi connectivity index (χ0v) is 13.4. The fourth-order valence-electron chi connectivity index (χ4n) is 2.09. The third kappa shape index (κ3) is 3.03. The highest BCUT2D eigenvalue weighted by atomic mass is 79.9. The second-order valence-electron chi connectivity index (χ2n) is 4.55. The van der Waals surface area contributed by atoms with E-state index in [2.05, 4.69) is 15.9 Å². The van der Waals surface area contributed by atoms with Crippen molar-refractivity contribution in [3.05, 3.63) is 21.2 Å². The fourth-order valence-corrected chi connectivity index (χ4v) is 2.51. The van der Waals surface area contributed by atoms with Crippen molar-refractivity contribution in [3.8, 4) is 11.5 Å². The molecule has 5 heteroatoms. The summed E-state index contributed by atoms with van der Waals surface area (Å²) in [7, 11) is 3.15. The maximum atomic E-state index is 11.0. The number of carboxylic acid groups (broad SMARTS) is 1. The van der Waals surface area contributed by atoms with Gasteiger partial charge < -0.3 is 14.6 Å². The zero-order chi connectivity index (χ0) is 14.7. The molecule has 0 fully saturated rings. The second kappa shape index (κ2) is 6.28. The molecule has 1 N–H and O–H groups in total. The van der Waals surface area contributed by atoms with Gasteiger partial charge in [-0.25, -0.2) is 0 Å². The zero-order valence-electron chi connectivity index (χ0n) is 11.8. The number of carboxylic acids is 1. The van der Waals surface area contributed by atoms with Crippen LogP contribution in [0.15, 0.2) is 4.47 Å². The van der Waals surface area contributed by atoms with Gasteiger partial charge in [0.2, 0.25) is 0 Å². The van der Waals surface area contributed by atoms with Crippen molar-refractivity contribution in [2.45, 2.75) is 27.2 Å². The standard InChI is InChI=1S/C14H19BrO4/c1-7(14(16)17)6-10-8(2)11(15)9(3)12(18-4)13(10)19-5/h7H,6H2,1-5H3,(H,16,17). The maximum Gasteiger partial charge on any atom is 0.306 e. The Bertz CT molecular complexity index is 497. The molecule has 1 aromatic rings. The Morgan fingerprint density at radius 3 is 2.16 bits per heavy atom. The molecule has 1 unspecified atom stereocenters. The van der Waals surface area contributed by atoms with E-state index in [1.807, 2.05) is 13.8 Å². The van der Waals surface area contributed by atoms with Crippen molar-refractivity contribution in [1.82, 2.24) is 0 Å². The molecule has 4 nitrogen and oxygen atoms in total. The lowest BCUT2D eigenvalue weighted by Crippen LogP contribution is -2.14. The number of hydrogen-bond acceptors (Lipinski definition) is 3. The average molecular weight is 331 g/mol. The first-order valence-electron chi connectivity index (χ1n) is 5.97. The van der Waals surface area contributed by atoms with E-state index in [4.69, 9.17) is 14.6 Å². The Morgan fingerprint density at radius 1 is 1.21 bits per heavy atom. The molecule has 0 aromatic heterocycles. The second-order valence-corrected chi connectivity index (χ2v) is 5.35. The molecule has 1 rings (SSSR count). The number of halogens is 1. The van der Waals surface area contributed by atoms with E-state index in [1.54, 1.807) is 21.1 Å². The lowest BCUT2D eigenvalue weighted by molar-refractivity contribution is -0.141. The minimum absolute atomic E-state index is 0.402. The number of methoxy groups -OCH3 is 2. The Morgan fingerprint density at radius 2 is 1.74 bits per heavy atom. The largest absolute Gasteiger partial charge is 0.493 e. The van der Waals surface area contributed by atoms with Crippen LogP contribution < -0.4 is 9.47 Å². The molecule has 0 heterocycles. The van der Waals surface area contributed by atoms with Crippen LogP contribution in [0.4, 0.5) is 0 Å². The molecule has 0 aliphatic carbocycles. The topological polar surface area (TPSA) is 55.8 Å². The van der Waals surface area contributed by atoms with Gasteiger partial charge in [0.05, 0.1) is 20.1 Å². The van der Waals surface area contributed by atoms with Crippen LogP contribution in [0.3, 0.4) is 0 Å². The van der Waals surface area contributed by atoms with Gasteiger partial charge in [-0.05, 0) is 25.8 Å². The minimum atomic E-state index is -0.822. The van der Waals surface area contributed by atoms with Crippen LogP contribution in [-0.2, 0) is 11.2 Å². The molecule has 1 aromatic carbocycles. The summed E-state index contributed by atoms with van der Waals surface area (Å²) < 4.78 is 11.7. The van der Waals surface area contributed by atoms with Gasteiger partial charge >= 0.3 is 5.97 Å². The molecule has 0 saturated carbocycles. The van der Waals surface area contributed by atoms with Crippen molar-refractivity contribution < 1.29 is 19.4 Å². The van der Waals surface area contributed by atoms with E-state index in [0.29, 0.717) is 17.9 Å². The van der Waals surface area contributed by atoms with Gasteiger partial charge in [-0.15, -0.1) is 0 Å². The van der Waals surface area contributed by atoms with E-state index < -0.39 is 11.9 Å². The van der Waals surface area contributed by atoms with Gasteiger partial charge in [-0.2, -0.15) is 0 Å². The highest BCUT2D eigenvalue weighted by Crippen LogP contribution is 2.42. The molecule has 1 atom stereocenters. The molecule has 106 valence electrons. The minimum Gasteiger partial charge on any atom is -0.493 e. The molecule has 0 spiro atoms. The third-order valence-corrected chi connectivity index (χ3v) is 4.46. The maximum absolute atomic E-state index is 11.0. The molecule has 0 amide bonds. The van der Waals surface area contributed by atoms with Crippen LogP contribution in [0.5, 0.6) is 11.5 Å². The predicted octanol–water partition coefficient (Wildman–Crippen LogP) is 3.35. The van der Waals surface area contributed by atoms with Crippen LogP contribution in [0.25, 0.3) is 0 Å². The van der Waals surface area contributed by atoms with Crippen LogP contribution in [0.1, 0.15) is 23.6 Å². The summed E-state index contributed by atoms with van der Waals surface area (Å²) >= 11 is 3.53. The van der Waals surface area contributed by atoms with Gasteiger partial charge in [0.15, 0.2) is 11.5 Å². The van der Waals surface area contributed by atoms with Gasteiger partial charge in [-0.3, -0.25) is 4.79 Å². The average Bonchev–Trinajstić information content (AvgIpc) is 2.38. The van der Waals surface area contributed by atoms with Crippen LogP contribution in [-0.4, -0.2) is 25.3 Å². The quantitative estimate of drug-likeness (QED) is 0.899. The van der Waals surface area contributed by atoms with Gasteiger partial charge in [0.25, 0.3) is 0 Å². The van der Waals surface area contributed by atoms with Gasteiger partial charge in [0.1, 0.15) is 0 Å². The highest BCUT2D eigenvalue weighted by molar-refractivity contribution is 9.10. The van der Waals surface area contributed by atoms with E-state index in [1.165, 1.54) is 0 Å². The highest BCUT2D eigenvalue weighted by Gasteiger charge is 2.23. The first-order valence-corrected chi connectivity index (χ1v) is 6.76. The summed E-state index contributed by atoms with van der Waals surface area (Å²) in [5, 5.41) is 9.06. The molecule has 0 aliphatic heterocycles. The van der Waals surface area contributed by atoms with E-state index in [0.717, 1.165) is 21.2 Å². The molecular weight excluding hydrogens is 312 g/mol. The van der Waals surface area contributed by atoms with Gasteiger partial charge in [-0.1, -0.05) is 22.9 Å². The predicted molar refractivity (Wildman–Crippen MR) is 77.2 cm³/mol. The number of aliphatic carboxylic acids is 1. The number of hydrogen-bond donors (Lipinski definition) is 1. The first kappa shape index (κ1) is 15.8. The lowest BCUT2D eigenvalue weighted by Gasteiger charge is -2.20. The molecule has 19 heavy (non-hydrogen) atoms. The Kier molecular flexibility index (Phi) is 5.23. The molecule has 0 saturated heterocycles. The van der Waals surface area contributed by atoms with E-state index in [-0.39, 0.29) is 0 Å². The summed E-state index contributed by atoms with van der Waals surface area (Å²) in [5.41, 5.74) is 2.80. The third-order valence-electron chi connectivity index (χ3n) is 3.27. The smallest absolute Gasteiger partial charge is 0.306 e. The van der Waals surface area contributed by atoms with Gasteiger partial charge in [0, 0.05) is 15.6 Å². The summed E-state index contributed by atoms with van der Waals surface area (Å²) in [5.74, 6) is -0.0367. The Balaban J connectivity index is 3.44. The normalized spacial score (nSPS) is 12.1. The monoisotopic (exact) mass is 330 g/mol. The summed E-state index contributed by atoms with van der Waals surface area (Å²) in [6.07, 6.45) is 0.402. The number of benzene rings is 1. The number of carbonyl (C=O) groups is 1. The summed E-state index contributed by atoms with van der Waals surface area (Å²) in [6, 6.07) is 0. The SMILES string of the molecule is COc1c(C)c(Br)c(C)c(CC(C)C(=O)O)c1OC. The Hall–Kier alpha value is -1.23. The molecule has 0 aliphatic rings. The van der Waals surface area contributed by atoms with Crippen LogP contribution >= 0.6 is 15.9 Å². The summed E-state index contributed by atoms with van der Waals surface area (Å²) in [4.78, 5) is 11.0. The molecule has 0 radical (unpaired) electrons. The first-order chi connectivity index (χ1) is 8.84. The number of rotatable bonds is 5. The molecule has 0 bridgehead atoms. The Labute approximate surface area is 121 Å². The van der Waals surface area contributed by atoms with Crippen molar-refractivity contribution in [2.24, 2.45) is 5.92 Å². The van der Waals surface area contributed by atoms with Crippen molar-refractivity contribution in [3.63, 3.8) is 0 Å². The van der Waals surface area contributed by atoms with Crippen LogP contribution in [0, 0.1) is 19.8 Å². The van der Waals surface area contributed by atoms with Crippen molar-refractivity contribution in [1.29, 1.82) is 0 Å². The summed E-state index contributed by atoms with van der Waals surface area (Å²) in [6.45, 7) is 5.56. The van der Waals surface area contributed by atoms with Crippen molar-refractivity contribution in [2.75, 3.05) is 14.2 Å². The van der Waals surface area contributed by atoms with Crippen molar-refractivity contribution >= 4 is 21.9 Å². The van der Waals surface area contributed by atoms with Crippen LogP contribution in [0.2, 0.25) is 0 Å². The molecular formula is C14H19BrO4. The van der Waals surface area contributed by atoms with E-state index >= 15 is 0 Å². The van der Waals surface area contributed by atoms with E-state index in [9.17, 15) is 4.79 Å². The fraction of sp³-hybridized carbons (Fsp3) is 0.500.